The molecule has 0 aliphatic heterocycles. The number of rotatable bonds is 13. The number of benzene rings is 2. The number of nitrogens with one attached hydrogen (secondary N) is 5. The summed E-state index contributed by atoms with van der Waals surface area (Å²) in [5, 5.41) is 16.5. The summed E-state index contributed by atoms with van der Waals surface area (Å²) in [6, 6.07) is 15.5. The Morgan fingerprint density at radius 3 is 1.73 bits per heavy atom. The Labute approximate surface area is 272 Å². The van der Waals surface area contributed by atoms with Crippen LogP contribution in [0.4, 0.5) is 21.6 Å². The SMILES string of the molecule is CC[C@@H](C)Nc1ncc(C(=O)NCc2cccc(N)c2)s1.CC[C@@H](C)Nc1ncc(C(=O)NCc2cccc(NC(C)=O)c2)s1. The van der Waals surface area contributed by atoms with Gasteiger partial charge in [0.15, 0.2) is 10.3 Å². The first kappa shape index (κ1) is 35.0. The van der Waals surface area contributed by atoms with Crippen LogP contribution in [0.2, 0.25) is 0 Å². The van der Waals surface area contributed by atoms with Gasteiger partial charge < -0.3 is 32.3 Å². The first-order valence-electron chi connectivity index (χ1n) is 14.8. The third-order valence-electron chi connectivity index (χ3n) is 6.53. The van der Waals surface area contributed by atoms with Gasteiger partial charge in [0, 0.05) is 43.5 Å². The van der Waals surface area contributed by atoms with E-state index in [1.807, 2.05) is 48.5 Å². The summed E-state index contributed by atoms with van der Waals surface area (Å²) in [5.74, 6) is -0.399. The number of nitrogens with zero attached hydrogens (tertiary/aromatic N) is 2. The van der Waals surface area contributed by atoms with Crippen LogP contribution in [0.25, 0.3) is 0 Å². The molecule has 0 bridgehead atoms. The molecule has 2 atom stereocenters. The molecule has 45 heavy (non-hydrogen) atoms. The molecule has 7 N–H and O–H groups in total. The number of hydrogen-bond acceptors (Lipinski definition) is 10. The van der Waals surface area contributed by atoms with Gasteiger partial charge >= 0.3 is 0 Å². The lowest BCUT2D eigenvalue weighted by atomic mass is 10.2. The van der Waals surface area contributed by atoms with Crippen LogP contribution < -0.4 is 32.3 Å². The standard InChI is InChI=1S/C17H22N4O2S.C15H20N4OS/c1-4-11(2)20-17-19-10-15(24-17)16(23)18-9-13-6-5-7-14(8-13)21-12(3)22;1-3-10(2)19-15-18-9-13(21-15)14(20)17-8-11-5-4-6-12(16)7-11/h5-8,10-11H,4,9H2,1-3H3,(H,18,23)(H,19,20)(H,21,22);4-7,9-10H,3,8,16H2,1-2H3,(H,17,20)(H,18,19)/t11-;10-/m11/s1. The molecule has 11 nitrogen and oxygen atoms in total. The fourth-order valence-corrected chi connectivity index (χ4v) is 5.41. The molecule has 13 heteroatoms. The zero-order chi connectivity index (χ0) is 32.8. The number of anilines is 4. The van der Waals surface area contributed by atoms with E-state index in [4.69, 9.17) is 5.73 Å². The highest BCUT2D eigenvalue weighted by molar-refractivity contribution is 7.17. The van der Waals surface area contributed by atoms with Gasteiger partial charge in [-0.2, -0.15) is 0 Å². The molecule has 2 aromatic carbocycles. The van der Waals surface area contributed by atoms with Crippen molar-refractivity contribution in [1.29, 1.82) is 0 Å². The monoisotopic (exact) mass is 650 g/mol. The van der Waals surface area contributed by atoms with Gasteiger partial charge in [-0.15, -0.1) is 0 Å². The smallest absolute Gasteiger partial charge is 0.263 e. The van der Waals surface area contributed by atoms with Crippen LogP contribution in [0.5, 0.6) is 0 Å². The van der Waals surface area contributed by atoms with E-state index in [1.54, 1.807) is 12.4 Å². The van der Waals surface area contributed by atoms with Gasteiger partial charge in [-0.25, -0.2) is 9.97 Å². The van der Waals surface area contributed by atoms with E-state index in [0.29, 0.717) is 46.3 Å². The van der Waals surface area contributed by atoms with Gasteiger partial charge in [-0.05, 0) is 62.1 Å². The number of carbonyl (C=O) groups excluding carboxylic acids is 3. The lowest BCUT2D eigenvalue weighted by molar-refractivity contribution is -0.114. The van der Waals surface area contributed by atoms with E-state index in [0.717, 1.165) is 34.2 Å². The van der Waals surface area contributed by atoms with Gasteiger partial charge in [-0.1, -0.05) is 60.8 Å². The van der Waals surface area contributed by atoms with Crippen molar-refractivity contribution >= 4 is 62.0 Å². The molecular weight excluding hydrogens is 609 g/mol. The topological polar surface area (TPSA) is 163 Å². The summed E-state index contributed by atoms with van der Waals surface area (Å²) in [4.78, 5) is 45.0. The Hall–Kier alpha value is -4.49. The molecule has 3 amide bonds. The fraction of sp³-hybridized carbons (Fsp3) is 0.344. The van der Waals surface area contributed by atoms with Crippen LogP contribution in [0.15, 0.2) is 60.9 Å². The second kappa shape index (κ2) is 17.7. The lowest BCUT2D eigenvalue weighted by Gasteiger charge is -2.08. The first-order chi connectivity index (χ1) is 21.6. The lowest BCUT2D eigenvalue weighted by Crippen LogP contribution is -2.21. The minimum atomic E-state index is -0.158. The van der Waals surface area contributed by atoms with Gasteiger partial charge in [0.2, 0.25) is 5.91 Å². The molecule has 0 unspecified atom stereocenters. The fourth-order valence-electron chi connectivity index (χ4n) is 3.72. The Kier molecular flexibility index (Phi) is 13.8. The molecule has 0 radical (unpaired) electrons. The largest absolute Gasteiger partial charge is 0.399 e. The van der Waals surface area contributed by atoms with Crippen LogP contribution >= 0.6 is 22.7 Å². The Morgan fingerprint density at radius 1 is 0.778 bits per heavy atom. The van der Waals surface area contributed by atoms with E-state index in [2.05, 4.69) is 64.2 Å². The number of amides is 3. The summed E-state index contributed by atoms with van der Waals surface area (Å²) in [6.45, 7) is 10.7. The number of hydrogen-bond donors (Lipinski definition) is 6. The van der Waals surface area contributed by atoms with E-state index >= 15 is 0 Å². The minimum Gasteiger partial charge on any atom is -0.399 e. The van der Waals surface area contributed by atoms with Crippen LogP contribution in [-0.4, -0.2) is 39.8 Å². The van der Waals surface area contributed by atoms with E-state index in [9.17, 15) is 14.4 Å². The summed E-state index contributed by atoms with van der Waals surface area (Å²) < 4.78 is 0. The van der Waals surface area contributed by atoms with Gasteiger partial charge in [0.1, 0.15) is 9.75 Å². The zero-order valence-corrected chi connectivity index (χ0v) is 27.9. The first-order valence-corrected chi connectivity index (χ1v) is 16.4. The Bertz CT molecular complexity index is 1550. The maximum absolute atomic E-state index is 12.2. The average molecular weight is 651 g/mol. The summed E-state index contributed by atoms with van der Waals surface area (Å²) in [5.41, 5.74) is 9.01. The molecule has 4 aromatic rings. The molecule has 240 valence electrons. The van der Waals surface area contributed by atoms with Crippen molar-refractivity contribution in [2.45, 2.75) is 72.6 Å². The van der Waals surface area contributed by atoms with E-state index < -0.39 is 0 Å². The number of carbonyl (C=O) groups is 3. The summed E-state index contributed by atoms with van der Waals surface area (Å²) in [6.07, 6.45) is 5.19. The molecule has 2 heterocycles. The van der Waals surface area contributed by atoms with Crippen LogP contribution in [0.1, 0.15) is 77.9 Å². The van der Waals surface area contributed by atoms with Crippen molar-refractivity contribution in [2.75, 3.05) is 21.7 Å². The maximum Gasteiger partial charge on any atom is 0.263 e. The Morgan fingerprint density at radius 2 is 1.27 bits per heavy atom. The third kappa shape index (κ3) is 12.2. The summed E-state index contributed by atoms with van der Waals surface area (Å²) >= 11 is 2.70. The van der Waals surface area contributed by atoms with Crippen LogP contribution in [0.3, 0.4) is 0 Å². The Balaban J connectivity index is 0.000000248. The number of thiazole rings is 2. The van der Waals surface area contributed by atoms with Crippen LogP contribution in [0, 0.1) is 0 Å². The maximum atomic E-state index is 12.2. The summed E-state index contributed by atoms with van der Waals surface area (Å²) in [7, 11) is 0. The second-order valence-corrected chi connectivity index (χ2v) is 12.5. The third-order valence-corrected chi connectivity index (χ3v) is 8.38. The molecule has 0 fully saturated rings. The van der Waals surface area contributed by atoms with Crippen molar-refractivity contribution in [1.82, 2.24) is 20.6 Å². The van der Waals surface area contributed by atoms with Crippen molar-refractivity contribution in [3.05, 3.63) is 81.8 Å². The molecule has 0 aliphatic rings. The second-order valence-electron chi connectivity index (χ2n) is 10.5. The minimum absolute atomic E-state index is 0.118. The van der Waals surface area contributed by atoms with Crippen molar-refractivity contribution in [2.24, 2.45) is 0 Å². The highest BCUT2D eigenvalue weighted by atomic mass is 32.1. The molecule has 2 aromatic heterocycles. The quantitative estimate of drug-likeness (QED) is 0.0945. The number of aromatic nitrogens is 2. The van der Waals surface area contributed by atoms with Gasteiger partial charge in [0.25, 0.3) is 11.8 Å². The van der Waals surface area contributed by atoms with Gasteiger partial charge in [-0.3, -0.25) is 14.4 Å². The molecular formula is C32H42N8O3S2. The van der Waals surface area contributed by atoms with Crippen molar-refractivity contribution in [3.8, 4) is 0 Å². The molecule has 0 saturated carbocycles. The van der Waals surface area contributed by atoms with Crippen LogP contribution in [-0.2, 0) is 17.9 Å². The highest BCUT2D eigenvalue weighted by Crippen LogP contribution is 2.21. The highest BCUT2D eigenvalue weighted by Gasteiger charge is 2.13. The van der Waals surface area contributed by atoms with E-state index in [1.165, 1.54) is 29.6 Å². The molecule has 0 saturated heterocycles. The number of nitrogens with two attached hydrogens (primary N) is 1. The zero-order valence-electron chi connectivity index (χ0n) is 26.3. The van der Waals surface area contributed by atoms with Crippen molar-refractivity contribution < 1.29 is 14.4 Å². The van der Waals surface area contributed by atoms with E-state index in [-0.39, 0.29) is 17.7 Å². The average Bonchev–Trinajstić information content (AvgIpc) is 3.69. The normalized spacial score (nSPS) is 11.8. The predicted molar refractivity (Wildman–Crippen MR) is 185 cm³/mol. The molecule has 0 spiro atoms. The molecule has 4 rings (SSSR count). The van der Waals surface area contributed by atoms with Gasteiger partial charge in [0.05, 0.1) is 12.4 Å². The molecule has 0 aliphatic carbocycles. The number of nitrogen functional groups attached to an aromatic ring is 1. The predicted octanol–water partition coefficient (Wildman–Crippen LogP) is 6.11. The van der Waals surface area contributed by atoms with Crippen molar-refractivity contribution in [3.63, 3.8) is 0 Å².